The minimum Gasteiger partial charge on any atom is -0.506 e. The SMILES string of the molecule is COC(=O)C1c2ccccc2Oc2cccc(C3CCC(N(C)CCCn4c(=O)oc5cc(CNC[C@H](O)c6ccc(O)c7[nH]c(=O)ccc67)ccc54)CC3)c21. The van der Waals surface area contributed by atoms with Gasteiger partial charge in [-0.05, 0) is 105 Å². The van der Waals surface area contributed by atoms with Gasteiger partial charge in [0.2, 0.25) is 5.56 Å². The van der Waals surface area contributed by atoms with Crippen molar-refractivity contribution in [3.05, 3.63) is 134 Å². The molecular weight excluding hydrogens is 713 g/mol. The lowest BCUT2D eigenvalue weighted by atomic mass is 9.75. The highest BCUT2D eigenvalue weighted by atomic mass is 16.5. The van der Waals surface area contributed by atoms with Crippen molar-refractivity contribution in [3.8, 4) is 17.2 Å². The van der Waals surface area contributed by atoms with E-state index in [1.54, 1.807) is 16.7 Å². The maximum atomic E-state index is 13.2. The summed E-state index contributed by atoms with van der Waals surface area (Å²) in [4.78, 5) is 42.9. The molecule has 4 N–H and O–H groups in total. The molecule has 1 aliphatic heterocycles. The van der Waals surface area contributed by atoms with E-state index in [9.17, 15) is 24.6 Å². The Hall–Kier alpha value is -5.69. The smallest absolute Gasteiger partial charge is 0.419 e. The number of aromatic hydroxyl groups is 1. The van der Waals surface area contributed by atoms with Crippen LogP contribution in [0.15, 0.2) is 98.9 Å². The summed E-state index contributed by atoms with van der Waals surface area (Å²) in [6.07, 6.45) is 3.96. The molecule has 12 heteroatoms. The topological polar surface area (TPSA) is 159 Å². The largest absolute Gasteiger partial charge is 0.506 e. The number of aliphatic hydroxyl groups is 1. The van der Waals surface area contributed by atoms with E-state index in [4.69, 9.17) is 13.9 Å². The fraction of sp³-hybridized carbons (Fsp3) is 0.341. The van der Waals surface area contributed by atoms with Crippen molar-refractivity contribution in [1.29, 1.82) is 0 Å². The molecule has 1 fully saturated rings. The highest BCUT2D eigenvalue weighted by Crippen LogP contribution is 2.49. The fourth-order valence-corrected chi connectivity index (χ4v) is 8.70. The maximum Gasteiger partial charge on any atom is 0.419 e. The monoisotopic (exact) mass is 758 g/mol. The Morgan fingerprint density at radius 2 is 1.77 bits per heavy atom. The first-order chi connectivity index (χ1) is 27.2. The van der Waals surface area contributed by atoms with Gasteiger partial charge >= 0.3 is 11.7 Å². The average Bonchev–Trinajstić information content (AvgIpc) is 3.53. The van der Waals surface area contributed by atoms with E-state index in [2.05, 4.69) is 28.3 Å². The van der Waals surface area contributed by atoms with Crippen LogP contribution in [0.3, 0.4) is 0 Å². The Labute approximate surface area is 323 Å². The number of hydrogen-bond donors (Lipinski definition) is 4. The van der Waals surface area contributed by atoms with Gasteiger partial charge in [-0.15, -0.1) is 0 Å². The molecule has 2 aliphatic rings. The summed E-state index contributed by atoms with van der Waals surface area (Å²) >= 11 is 0. The number of aliphatic hydroxyl groups excluding tert-OH is 1. The highest BCUT2D eigenvalue weighted by molar-refractivity contribution is 5.88. The molecular formula is C44H46N4O8. The number of phenols is 1. The number of pyridine rings is 1. The molecule has 0 amide bonds. The van der Waals surface area contributed by atoms with Gasteiger partial charge in [0.05, 0.1) is 24.2 Å². The van der Waals surface area contributed by atoms with E-state index in [0.29, 0.717) is 47.3 Å². The second kappa shape index (κ2) is 15.8. The summed E-state index contributed by atoms with van der Waals surface area (Å²) in [5, 5.41) is 24.9. The van der Waals surface area contributed by atoms with Gasteiger partial charge in [0.1, 0.15) is 23.2 Å². The van der Waals surface area contributed by atoms with Crippen LogP contribution in [0.5, 0.6) is 17.2 Å². The quantitative estimate of drug-likeness (QED) is 0.103. The number of para-hydroxylation sites is 1. The molecule has 1 aliphatic carbocycles. The molecule has 56 heavy (non-hydrogen) atoms. The Kier molecular flexibility index (Phi) is 10.5. The summed E-state index contributed by atoms with van der Waals surface area (Å²) in [7, 11) is 3.60. The summed E-state index contributed by atoms with van der Waals surface area (Å²) in [6.45, 7) is 2.03. The number of fused-ring (bicyclic) bond motifs is 4. The van der Waals surface area contributed by atoms with Crippen LogP contribution < -0.4 is 21.4 Å². The van der Waals surface area contributed by atoms with Crippen molar-refractivity contribution in [2.45, 2.75) is 69.2 Å². The van der Waals surface area contributed by atoms with E-state index >= 15 is 0 Å². The van der Waals surface area contributed by atoms with Crippen LogP contribution in [0.2, 0.25) is 0 Å². The van der Waals surface area contributed by atoms with Crippen LogP contribution in [0.1, 0.15) is 77.9 Å². The first kappa shape index (κ1) is 37.2. The van der Waals surface area contributed by atoms with E-state index in [-0.39, 0.29) is 35.1 Å². The Bertz CT molecular complexity index is 2510. The number of carbonyl (C=O) groups is 1. The lowest BCUT2D eigenvalue weighted by Crippen LogP contribution is -2.36. The molecule has 0 saturated heterocycles. The molecule has 6 aromatic rings. The van der Waals surface area contributed by atoms with Crippen LogP contribution in [0, 0.1) is 0 Å². The molecule has 12 nitrogen and oxygen atoms in total. The lowest BCUT2D eigenvalue weighted by Gasteiger charge is -2.37. The Morgan fingerprint density at radius 3 is 2.59 bits per heavy atom. The molecule has 290 valence electrons. The van der Waals surface area contributed by atoms with Gasteiger partial charge in [-0.1, -0.05) is 42.5 Å². The normalized spacial score (nSPS) is 18.4. The number of phenolic OH excluding ortho intramolecular Hbond substituents is 1. The molecule has 0 radical (unpaired) electrons. The van der Waals surface area contributed by atoms with Crippen molar-refractivity contribution >= 4 is 28.0 Å². The number of aromatic nitrogens is 2. The number of aryl methyl sites for hydroxylation is 1. The van der Waals surface area contributed by atoms with E-state index in [0.717, 1.165) is 66.6 Å². The van der Waals surface area contributed by atoms with Crippen molar-refractivity contribution in [1.82, 2.24) is 19.8 Å². The van der Waals surface area contributed by atoms with E-state index < -0.39 is 12.0 Å². The van der Waals surface area contributed by atoms with Crippen LogP contribution in [0.25, 0.3) is 22.0 Å². The minimum atomic E-state index is -0.885. The zero-order valence-electron chi connectivity index (χ0n) is 31.5. The van der Waals surface area contributed by atoms with Crippen molar-refractivity contribution in [3.63, 3.8) is 0 Å². The van der Waals surface area contributed by atoms with Gasteiger partial charge in [0, 0.05) is 48.3 Å². The molecule has 4 aromatic carbocycles. The van der Waals surface area contributed by atoms with Gasteiger partial charge in [-0.2, -0.15) is 0 Å². The van der Waals surface area contributed by atoms with Gasteiger partial charge in [-0.3, -0.25) is 14.2 Å². The number of esters is 1. The predicted octanol–water partition coefficient (Wildman–Crippen LogP) is 6.42. The molecule has 1 saturated carbocycles. The van der Waals surface area contributed by atoms with Crippen LogP contribution in [-0.4, -0.2) is 63.9 Å². The number of nitrogens with zero attached hydrogens (tertiary/aromatic N) is 2. The number of oxazole rings is 1. The minimum absolute atomic E-state index is 0.0587. The summed E-state index contributed by atoms with van der Waals surface area (Å²) < 4.78 is 18.9. The third kappa shape index (κ3) is 7.23. The Balaban J connectivity index is 0.848. The molecule has 2 atom stereocenters. The van der Waals surface area contributed by atoms with Gasteiger partial charge < -0.3 is 39.3 Å². The van der Waals surface area contributed by atoms with Crippen molar-refractivity contribution in [2.75, 3.05) is 27.2 Å². The first-order valence-electron chi connectivity index (χ1n) is 19.2. The highest BCUT2D eigenvalue weighted by Gasteiger charge is 2.37. The van der Waals surface area contributed by atoms with E-state index in [1.807, 2.05) is 54.6 Å². The van der Waals surface area contributed by atoms with Gasteiger partial charge in [0.15, 0.2) is 5.58 Å². The van der Waals surface area contributed by atoms with Gasteiger partial charge in [-0.25, -0.2) is 4.79 Å². The third-order valence-electron chi connectivity index (χ3n) is 11.6. The summed E-state index contributed by atoms with van der Waals surface area (Å²) in [5.74, 6) is 0.487. The number of ether oxygens (including phenoxy) is 2. The zero-order valence-corrected chi connectivity index (χ0v) is 31.5. The number of methoxy groups -OCH3 is 1. The third-order valence-corrected chi connectivity index (χ3v) is 11.6. The molecule has 8 rings (SSSR count). The second-order valence-corrected chi connectivity index (χ2v) is 14.9. The molecule has 0 spiro atoms. The summed E-state index contributed by atoms with van der Waals surface area (Å²) in [5.41, 5.74) is 5.62. The first-order valence-corrected chi connectivity index (χ1v) is 19.2. The molecule has 1 unspecified atom stereocenters. The molecule has 0 bridgehead atoms. The lowest BCUT2D eigenvalue weighted by molar-refractivity contribution is -0.141. The van der Waals surface area contributed by atoms with E-state index in [1.165, 1.54) is 24.8 Å². The second-order valence-electron chi connectivity index (χ2n) is 14.9. The molecule has 3 heterocycles. The standard InChI is InChI=1S/C44H46N4O8/c1-47(28-14-12-27(13-15-28)29-8-5-10-37-40(29)41(43(52)54-2)32-7-3-4-9-36(32)55-37)21-6-22-48-33-18-11-26(23-38(33)56-44(48)53)24-45-25-35(50)30-16-19-34(49)42-31(30)17-20-39(51)46-42/h3-5,7-11,16-20,23,27-28,35,41,45,49-50H,6,12-15,21-22,24-25H2,1-2H3,(H,46,51)/t27?,28?,35-,41?/m0/s1. The van der Waals surface area contributed by atoms with Gasteiger partial charge in [0.25, 0.3) is 0 Å². The number of carbonyl (C=O) groups excluding carboxylic acids is 1. The van der Waals surface area contributed by atoms with Crippen molar-refractivity contribution < 1.29 is 28.9 Å². The van der Waals surface area contributed by atoms with Crippen LogP contribution in [0.4, 0.5) is 0 Å². The molecule has 2 aromatic heterocycles. The van der Waals surface area contributed by atoms with Crippen molar-refractivity contribution in [2.24, 2.45) is 0 Å². The van der Waals surface area contributed by atoms with Crippen LogP contribution >= 0.6 is 0 Å². The number of hydrogen-bond acceptors (Lipinski definition) is 10. The number of rotatable bonds is 12. The maximum absolute atomic E-state index is 13.2. The Morgan fingerprint density at radius 1 is 0.982 bits per heavy atom. The number of benzene rings is 4. The average molecular weight is 759 g/mol. The number of H-pyrrole nitrogens is 1. The predicted molar refractivity (Wildman–Crippen MR) is 212 cm³/mol. The zero-order chi connectivity index (χ0) is 38.9. The van der Waals surface area contributed by atoms with Crippen LogP contribution in [-0.2, 0) is 22.6 Å². The number of nitrogens with one attached hydrogen (secondary N) is 2. The number of aromatic amines is 1. The summed E-state index contributed by atoms with van der Waals surface area (Å²) in [6, 6.07) is 26.0. The fourth-order valence-electron chi connectivity index (χ4n) is 8.70.